The van der Waals surface area contributed by atoms with Gasteiger partial charge in [-0.1, -0.05) is 30.3 Å². The van der Waals surface area contributed by atoms with Crippen molar-refractivity contribution in [1.82, 2.24) is 5.32 Å². The van der Waals surface area contributed by atoms with Gasteiger partial charge in [-0.3, -0.25) is 4.79 Å². The van der Waals surface area contributed by atoms with Gasteiger partial charge in [0.2, 0.25) is 0 Å². The number of benzene rings is 1. The first-order valence-corrected chi connectivity index (χ1v) is 5.04. The Hall–Kier alpha value is -1.77. The van der Waals surface area contributed by atoms with Crippen LogP contribution in [0.1, 0.15) is 16.8 Å². The highest BCUT2D eigenvalue weighted by molar-refractivity contribution is 6.04. The number of ether oxygens (including phenoxy) is 1. The second kappa shape index (κ2) is 4.64. The number of hydrogen-bond donors (Lipinski definition) is 1. The molecule has 1 N–H and O–H groups in total. The van der Waals surface area contributed by atoms with E-state index < -0.39 is 0 Å². The minimum Gasteiger partial charge on any atom is -0.479 e. The van der Waals surface area contributed by atoms with E-state index in [9.17, 15) is 4.79 Å². The number of allylic oxidation sites excluding steroid dienone is 1. The molecule has 1 aromatic carbocycles. The summed E-state index contributed by atoms with van der Waals surface area (Å²) >= 11 is 0. The molecule has 1 saturated heterocycles. The maximum absolute atomic E-state index is 11.7. The smallest absolute Gasteiger partial charge is 0.191 e. The Morgan fingerprint density at radius 3 is 2.80 bits per heavy atom. The van der Waals surface area contributed by atoms with E-state index in [-0.39, 0.29) is 5.78 Å². The van der Waals surface area contributed by atoms with E-state index in [2.05, 4.69) is 5.32 Å². The second-order valence-corrected chi connectivity index (χ2v) is 3.37. The van der Waals surface area contributed by atoms with Crippen LogP contribution in [0.15, 0.2) is 42.3 Å². The van der Waals surface area contributed by atoms with E-state index in [0.717, 1.165) is 13.0 Å². The number of hydrogen-bond acceptors (Lipinski definition) is 3. The fourth-order valence-electron chi connectivity index (χ4n) is 1.41. The van der Waals surface area contributed by atoms with Crippen molar-refractivity contribution < 1.29 is 9.53 Å². The number of rotatable bonds is 2. The third-order valence-electron chi connectivity index (χ3n) is 2.20. The summed E-state index contributed by atoms with van der Waals surface area (Å²) in [5.74, 6) is 0.551. The summed E-state index contributed by atoms with van der Waals surface area (Å²) in [7, 11) is 0. The molecule has 0 aromatic heterocycles. The number of carbonyl (C=O) groups excluding carboxylic acids is 1. The minimum atomic E-state index is -0.0278. The molecule has 15 heavy (non-hydrogen) atoms. The molecule has 0 bridgehead atoms. The van der Waals surface area contributed by atoms with Gasteiger partial charge in [-0.25, -0.2) is 0 Å². The Morgan fingerprint density at radius 1 is 1.33 bits per heavy atom. The zero-order valence-corrected chi connectivity index (χ0v) is 8.40. The molecular weight excluding hydrogens is 190 g/mol. The van der Waals surface area contributed by atoms with Gasteiger partial charge in [-0.2, -0.15) is 0 Å². The van der Waals surface area contributed by atoms with Crippen LogP contribution in [-0.2, 0) is 4.74 Å². The van der Waals surface area contributed by atoms with Crippen LogP contribution in [0.3, 0.4) is 0 Å². The molecule has 2 rings (SSSR count). The van der Waals surface area contributed by atoms with Crippen molar-refractivity contribution in [2.45, 2.75) is 6.42 Å². The largest absolute Gasteiger partial charge is 0.479 e. The van der Waals surface area contributed by atoms with E-state index in [0.29, 0.717) is 18.1 Å². The Balaban J connectivity index is 2.08. The van der Waals surface area contributed by atoms with Gasteiger partial charge in [0.25, 0.3) is 0 Å². The molecule has 0 saturated carbocycles. The third-order valence-corrected chi connectivity index (χ3v) is 2.20. The van der Waals surface area contributed by atoms with Gasteiger partial charge in [0.05, 0.1) is 6.61 Å². The monoisotopic (exact) mass is 203 g/mol. The lowest BCUT2D eigenvalue weighted by Gasteiger charge is -2.17. The Kier molecular flexibility index (Phi) is 3.02. The van der Waals surface area contributed by atoms with Gasteiger partial charge in [0.1, 0.15) is 0 Å². The van der Waals surface area contributed by atoms with Gasteiger partial charge >= 0.3 is 0 Å². The Bertz CT molecular complexity index is 362. The highest BCUT2D eigenvalue weighted by atomic mass is 16.5. The molecule has 0 amide bonds. The molecule has 3 heteroatoms. The summed E-state index contributed by atoms with van der Waals surface area (Å²) in [6.45, 7) is 1.55. The van der Waals surface area contributed by atoms with Crippen molar-refractivity contribution in [2.75, 3.05) is 13.2 Å². The van der Waals surface area contributed by atoms with Crippen molar-refractivity contribution in [3.05, 3.63) is 47.9 Å². The van der Waals surface area contributed by atoms with Crippen LogP contribution < -0.4 is 5.32 Å². The molecule has 78 valence electrons. The summed E-state index contributed by atoms with van der Waals surface area (Å²) in [6.07, 6.45) is 2.49. The van der Waals surface area contributed by atoms with E-state index in [1.54, 1.807) is 12.1 Å². The molecular formula is C12H13NO2. The van der Waals surface area contributed by atoms with Gasteiger partial charge in [0, 0.05) is 18.2 Å². The molecule has 0 aliphatic carbocycles. The van der Waals surface area contributed by atoms with E-state index in [4.69, 9.17) is 4.74 Å². The molecule has 0 spiro atoms. The average molecular weight is 203 g/mol. The lowest BCUT2D eigenvalue weighted by atomic mass is 10.1. The number of carbonyl (C=O) groups is 1. The standard InChI is InChI=1S/C12H13NO2/c14-11(10-5-2-1-3-6-10)9-12-13-7-4-8-15-12/h1-3,5-6,9,13H,4,7-8H2/b12-9+. The van der Waals surface area contributed by atoms with Gasteiger partial charge in [0.15, 0.2) is 11.7 Å². The Labute approximate surface area is 88.8 Å². The SMILES string of the molecule is O=C(/C=C1\NCCCO1)c1ccccc1. The summed E-state index contributed by atoms with van der Waals surface area (Å²) < 4.78 is 5.30. The Morgan fingerprint density at radius 2 is 2.13 bits per heavy atom. The van der Waals surface area contributed by atoms with E-state index in [1.165, 1.54) is 6.08 Å². The number of nitrogens with one attached hydrogen (secondary N) is 1. The van der Waals surface area contributed by atoms with Gasteiger partial charge < -0.3 is 10.1 Å². The van der Waals surface area contributed by atoms with Crippen molar-refractivity contribution in [3.63, 3.8) is 0 Å². The maximum Gasteiger partial charge on any atom is 0.191 e. The fourth-order valence-corrected chi connectivity index (χ4v) is 1.41. The molecule has 1 heterocycles. The molecule has 1 aromatic rings. The van der Waals surface area contributed by atoms with Crippen molar-refractivity contribution in [1.29, 1.82) is 0 Å². The quantitative estimate of drug-likeness (QED) is 0.587. The van der Waals surface area contributed by atoms with E-state index >= 15 is 0 Å². The maximum atomic E-state index is 11.7. The van der Waals surface area contributed by atoms with Crippen LogP contribution >= 0.6 is 0 Å². The molecule has 3 nitrogen and oxygen atoms in total. The van der Waals surface area contributed by atoms with Crippen LogP contribution in [0.4, 0.5) is 0 Å². The normalized spacial score (nSPS) is 18.0. The highest BCUT2D eigenvalue weighted by Gasteiger charge is 2.08. The van der Waals surface area contributed by atoms with Crippen LogP contribution in [-0.4, -0.2) is 18.9 Å². The zero-order valence-electron chi connectivity index (χ0n) is 8.40. The van der Waals surface area contributed by atoms with Crippen molar-refractivity contribution in [3.8, 4) is 0 Å². The highest BCUT2D eigenvalue weighted by Crippen LogP contribution is 2.05. The molecule has 1 aliphatic rings. The first kappa shape index (κ1) is 9.77. The lowest BCUT2D eigenvalue weighted by Crippen LogP contribution is -2.25. The first-order chi connectivity index (χ1) is 7.36. The van der Waals surface area contributed by atoms with Gasteiger partial charge in [-0.05, 0) is 6.42 Å². The van der Waals surface area contributed by atoms with Crippen molar-refractivity contribution >= 4 is 5.78 Å². The summed E-state index contributed by atoms with van der Waals surface area (Å²) in [5, 5.41) is 3.04. The van der Waals surface area contributed by atoms with E-state index in [1.807, 2.05) is 18.2 Å². The third kappa shape index (κ3) is 2.59. The van der Waals surface area contributed by atoms with Crippen LogP contribution in [0.25, 0.3) is 0 Å². The van der Waals surface area contributed by atoms with Crippen molar-refractivity contribution in [2.24, 2.45) is 0 Å². The average Bonchev–Trinajstić information content (AvgIpc) is 2.31. The summed E-state index contributed by atoms with van der Waals surface area (Å²) in [6, 6.07) is 9.17. The number of ketones is 1. The minimum absolute atomic E-state index is 0.0278. The lowest BCUT2D eigenvalue weighted by molar-refractivity contribution is 0.102. The molecule has 0 atom stereocenters. The molecule has 0 radical (unpaired) electrons. The zero-order chi connectivity index (χ0) is 10.5. The predicted octanol–water partition coefficient (Wildman–Crippen LogP) is 1.72. The summed E-state index contributed by atoms with van der Waals surface area (Å²) in [5.41, 5.74) is 0.681. The fraction of sp³-hybridized carbons (Fsp3) is 0.250. The van der Waals surface area contributed by atoms with Crippen LogP contribution in [0.2, 0.25) is 0 Å². The molecule has 0 unspecified atom stereocenters. The topological polar surface area (TPSA) is 38.3 Å². The molecule has 1 fully saturated rings. The second-order valence-electron chi connectivity index (χ2n) is 3.37. The first-order valence-electron chi connectivity index (χ1n) is 5.04. The molecule has 1 aliphatic heterocycles. The predicted molar refractivity (Wildman–Crippen MR) is 57.4 cm³/mol. The van der Waals surface area contributed by atoms with Gasteiger partial charge in [-0.15, -0.1) is 0 Å². The van der Waals surface area contributed by atoms with Crippen LogP contribution in [0.5, 0.6) is 0 Å². The van der Waals surface area contributed by atoms with Crippen LogP contribution in [0, 0.1) is 0 Å². The summed E-state index contributed by atoms with van der Waals surface area (Å²) in [4.78, 5) is 11.7.